The monoisotopic (exact) mass is 371 g/mol. The van der Waals surface area contributed by atoms with Crippen LogP contribution in [0.2, 0.25) is 0 Å². The zero-order chi connectivity index (χ0) is 17.2. The Morgan fingerprint density at radius 2 is 1.76 bits per heavy atom. The van der Waals surface area contributed by atoms with Gasteiger partial charge < -0.3 is 10.1 Å². The van der Waals surface area contributed by atoms with E-state index in [1.165, 1.54) is 5.56 Å². The van der Waals surface area contributed by atoms with E-state index in [4.69, 9.17) is 4.74 Å². The minimum atomic E-state index is -4.31. The van der Waals surface area contributed by atoms with Gasteiger partial charge in [-0.1, -0.05) is 25.1 Å². The summed E-state index contributed by atoms with van der Waals surface area (Å²) in [5.41, 5.74) is 3.46. The fourth-order valence-corrected chi connectivity index (χ4v) is 3.03. The summed E-state index contributed by atoms with van der Waals surface area (Å²) < 4.78 is 44.0. The number of hydrogen-bond donors (Lipinski definition) is 1. The van der Waals surface area contributed by atoms with E-state index in [-0.39, 0.29) is 12.4 Å². The van der Waals surface area contributed by atoms with Gasteiger partial charge in [0.1, 0.15) is 5.75 Å². The molecule has 25 heavy (non-hydrogen) atoms. The molecular weight excluding hydrogens is 351 g/mol. The van der Waals surface area contributed by atoms with Crippen molar-refractivity contribution >= 4 is 12.4 Å². The lowest BCUT2D eigenvalue weighted by atomic mass is 9.90. The van der Waals surface area contributed by atoms with Crippen LogP contribution in [0.15, 0.2) is 36.4 Å². The van der Waals surface area contributed by atoms with Crippen LogP contribution in [0.4, 0.5) is 13.2 Å². The number of alkyl halides is 3. The molecule has 0 aromatic heterocycles. The molecule has 1 heterocycles. The lowest BCUT2D eigenvalue weighted by Gasteiger charge is -2.24. The second-order valence-corrected chi connectivity index (χ2v) is 5.92. The normalized spacial score (nSPS) is 13.8. The van der Waals surface area contributed by atoms with Crippen LogP contribution in [0.1, 0.15) is 30.0 Å². The Balaban J connectivity index is 0.00000225. The van der Waals surface area contributed by atoms with Crippen LogP contribution in [0.3, 0.4) is 0 Å². The molecule has 0 radical (unpaired) electrons. The van der Waals surface area contributed by atoms with Crippen LogP contribution in [0.5, 0.6) is 5.75 Å². The number of ether oxygens (including phenoxy) is 1. The van der Waals surface area contributed by atoms with Gasteiger partial charge in [-0.15, -0.1) is 12.4 Å². The Bertz CT molecular complexity index is 714. The van der Waals surface area contributed by atoms with Crippen LogP contribution in [0.25, 0.3) is 11.1 Å². The second-order valence-electron chi connectivity index (χ2n) is 5.92. The van der Waals surface area contributed by atoms with Crippen molar-refractivity contribution in [2.45, 2.75) is 32.5 Å². The van der Waals surface area contributed by atoms with Gasteiger partial charge in [0.05, 0.1) is 12.2 Å². The van der Waals surface area contributed by atoms with Crippen molar-refractivity contribution in [1.82, 2.24) is 5.32 Å². The molecular formula is C19H21ClF3NO. The highest BCUT2D eigenvalue weighted by Gasteiger charge is 2.30. The third-order valence-corrected chi connectivity index (χ3v) is 4.23. The minimum Gasteiger partial charge on any atom is -0.493 e. The molecule has 0 spiro atoms. The Labute approximate surface area is 151 Å². The molecule has 136 valence electrons. The van der Waals surface area contributed by atoms with E-state index in [2.05, 4.69) is 12.2 Å². The largest absolute Gasteiger partial charge is 0.493 e. The van der Waals surface area contributed by atoms with Gasteiger partial charge in [0.25, 0.3) is 0 Å². The number of rotatable bonds is 4. The summed E-state index contributed by atoms with van der Waals surface area (Å²) in [7, 11) is 0. The van der Waals surface area contributed by atoms with Crippen LogP contribution in [0, 0.1) is 0 Å². The molecule has 1 N–H and O–H groups in total. The van der Waals surface area contributed by atoms with E-state index < -0.39 is 11.7 Å². The van der Waals surface area contributed by atoms with Gasteiger partial charge in [0, 0.05) is 12.1 Å². The summed E-state index contributed by atoms with van der Waals surface area (Å²) in [6.45, 7) is 4.30. The Hall–Kier alpha value is -1.72. The zero-order valence-corrected chi connectivity index (χ0v) is 14.8. The molecule has 0 unspecified atom stereocenters. The third kappa shape index (κ3) is 4.28. The van der Waals surface area contributed by atoms with Crippen LogP contribution in [-0.4, -0.2) is 13.2 Å². The van der Waals surface area contributed by atoms with E-state index >= 15 is 0 Å². The van der Waals surface area contributed by atoms with Crippen molar-refractivity contribution in [3.05, 3.63) is 53.1 Å². The molecule has 0 aliphatic carbocycles. The minimum absolute atomic E-state index is 0. The molecule has 0 saturated carbocycles. The Morgan fingerprint density at radius 1 is 1.04 bits per heavy atom. The van der Waals surface area contributed by atoms with E-state index in [9.17, 15) is 13.2 Å². The first-order valence-electron chi connectivity index (χ1n) is 8.16. The van der Waals surface area contributed by atoms with Crippen molar-refractivity contribution in [3.63, 3.8) is 0 Å². The van der Waals surface area contributed by atoms with Crippen LogP contribution >= 0.6 is 12.4 Å². The smallest absolute Gasteiger partial charge is 0.416 e. The molecule has 1 aliphatic rings. The highest BCUT2D eigenvalue weighted by molar-refractivity contribution is 5.85. The maximum atomic E-state index is 12.7. The highest BCUT2D eigenvalue weighted by Crippen LogP contribution is 2.36. The van der Waals surface area contributed by atoms with Gasteiger partial charge >= 0.3 is 6.18 Å². The molecule has 6 heteroatoms. The van der Waals surface area contributed by atoms with Gasteiger partial charge in [-0.05, 0) is 54.3 Å². The van der Waals surface area contributed by atoms with E-state index in [0.29, 0.717) is 6.61 Å². The molecule has 2 aromatic carbocycles. The van der Waals surface area contributed by atoms with Gasteiger partial charge in [0.15, 0.2) is 0 Å². The first kappa shape index (κ1) is 19.6. The first-order chi connectivity index (χ1) is 11.5. The van der Waals surface area contributed by atoms with E-state index in [0.717, 1.165) is 60.5 Å². The van der Waals surface area contributed by atoms with Crippen molar-refractivity contribution in [3.8, 4) is 16.9 Å². The first-order valence-corrected chi connectivity index (χ1v) is 8.16. The summed E-state index contributed by atoms with van der Waals surface area (Å²) in [5.74, 6) is 0.870. The summed E-state index contributed by atoms with van der Waals surface area (Å²) in [4.78, 5) is 0. The third-order valence-electron chi connectivity index (χ3n) is 4.23. The molecule has 1 aliphatic heterocycles. The predicted molar refractivity (Wildman–Crippen MR) is 95.3 cm³/mol. The van der Waals surface area contributed by atoms with Gasteiger partial charge in [-0.3, -0.25) is 0 Å². The standard InChI is InChI=1S/C19H20F3NO.ClH/c1-2-11-24-18-8-7-15(16-9-10-23-12-17(16)18)13-3-5-14(6-4-13)19(20,21)22;/h3-8,23H,2,9-12H2,1H3;1H. The summed E-state index contributed by atoms with van der Waals surface area (Å²) in [6.07, 6.45) is -2.53. The summed E-state index contributed by atoms with van der Waals surface area (Å²) in [5, 5.41) is 3.34. The quantitative estimate of drug-likeness (QED) is 0.794. The molecule has 0 saturated heterocycles. The van der Waals surface area contributed by atoms with Gasteiger partial charge in [0.2, 0.25) is 0 Å². The average Bonchev–Trinajstić information content (AvgIpc) is 2.59. The van der Waals surface area contributed by atoms with Crippen molar-refractivity contribution < 1.29 is 17.9 Å². The van der Waals surface area contributed by atoms with Gasteiger partial charge in [-0.2, -0.15) is 13.2 Å². The number of benzene rings is 2. The lowest BCUT2D eigenvalue weighted by molar-refractivity contribution is -0.137. The number of hydrogen-bond acceptors (Lipinski definition) is 2. The number of fused-ring (bicyclic) bond motifs is 1. The second kappa shape index (κ2) is 8.11. The maximum Gasteiger partial charge on any atom is 0.416 e. The average molecular weight is 372 g/mol. The molecule has 0 bridgehead atoms. The predicted octanol–water partition coefficient (Wildman–Crippen LogP) is 5.23. The molecule has 0 amide bonds. The molecule has 2 nitrogen and oxygen atoms in total. The highest BCUT2D eigenvalue weighted by atomic mass is 35.5. The topological polar surface area (TPSA) is 21.3 Å². The molecule has 0 atom stereocenters. The number of halogens is 4. The summed E-state index contributed by atoms with van der Waals surface area (Å²) in [6, 6.07) is 9.26. The van der Waals surface area contributed by atoms with Crippen molar-refractivity contribution in [2.24, 2.45) is 0 Å². The molecule has 3 rings (SSSR count). The van der Waals surface area contributed by atoms with Crippen LogP contribution in [-0.2, 0) is 19.1 Å². The number of nitrogens with one attached hydrogen (secondary N) is 1. The SMILES string of the molecule is CCCOc1ccc(-c2ccc(C(F)(F)F)cc2)c2c1CNCC2.Cl. The summed E-state index contributed by atoms with van der Waals surface area (Å²) >= 11 is 0. The maximum absolute atomic E-state index is 12.7. The fourth-order valence-electron chi connectivity index (χ4n) is 3.03. The van der Waals surface area contributed by atoms with Gasteiger partial charge in [-0.25, -0.2) is 0 Å². The molecule has 2 aromatic rings. The molecule has 0 fully saturated rings. The van der Waals surface area contributed by atoms with E-state index in [1.54, 1.807) is 12.1 Å². The van der Waals surface area contributed by atoms with Crippen molar-refractivity contribution in [2.75, 3.05) is 13.2 Å². The lowest BCUT2D eigenvalue weighted by Crippen LogP contribution is -2.25. The zero-order valence-electron chi connectivity index (χ0n) is 14.0. The van der Waals surface area contributed by atoms with E-state index in [1.807, 2.05) is 12.1 Å². The van der Waals surface area contributed by atoms with Crippen LogP contribution < -0.4 is 10.1 Å². The fraction of sp³-hybridized carbons (Fsp3) is 0.368. The Morgan fingerprint density at radius 3 is 2.40 bits per heavy atom. The Kier molecular flexibility index (Phi) is 6.36. The van der Waals surface area contributed by atoms with Crippen molar-refractivity contribution in [1.29, 1.82) is 0 Å².